The fourth-order valence-electron chi connectivity index (χ4n) is 2.87. The molecule has 0 fully saturated rings. The van der Waals surface area contributed by atoms with Crippen LogP contribution in [0.5, 0.6) is 0 Å². The summed E-state index contributed by atoms with van der Waals surface area (Å²) in [5.41, 5.74) is 5.05. The van der Waals surface area contributed by atoms with Gasteiger partial charge in [-0.05, 0) is 47.5 Å². The molecule has 5 heteroatoms. The summed E-state index contributed by atoms with van der Waals surface area (Å²) < 4.78 is 14.4. The number of anilines is 1. The molecular formula is C20H15ClFN3. The van der Waals surface area contributed by atoms with Gasteiger partial charge in [-0.25, -0.2) is 9.37 Å². The van der Waals surface area contributed by atoms with Crippen molar-refractivity contribution >= 4 is 28.3 Å². The number of imidazole rings is 1. The molecule has 0 spiro atoms. The Labute approximate surface area is 149 Å². The fourth-order valence-corrected chi connectivity index (χ4v) is 2.99. The van der Waals surface area contributed by atoms with E-state index in [9.17, 15) is 4.39 Å². The van der Waals surface area contributed by atoms with Gasteiger partial charge in [-0.1, -0.05) is 35.9 Å². The monoisotopic (exact) mass is 351 g/mol. The molecule has 124 valence electrons. The zero-order chi connectivity index (χ0) is 17.2. The topological polar surface area (TPSA) is 40.7 Å². The van der Waals surface area contributed by atoms with Crippen LogP contribution in [0.15, 0.2) is 67.0 Å². The van der Waals surface area contributed by atoms with E-state index in [1.807, 2.05) is 36.4 Å². The van der Waals surface area contributed by atoms with Gasteiger partial charge in [-0.15, -0.1) is 0 Å². The highest BCUT2D eigenvalue weighted by Crippen LogP contribution is 2.32. The second-order valence-electron chi connectivity index (χ2n) is 5.78. The average Bonchev–Trinajstić information content (AvgIpc) is 3.09. The number of hydrogen-bond acceptors (Lipinski definition) is 2. The first-order valence-electron chi connectivity index (χ1n) is 7.91. The van der Waals surface area contributed by atoms with E-state index in [-0.39, 0.29) is 5.82 Å². The number of nitrogens with one attached hydrogen (secondary N) is 2. The van der Waals surface area contributed by atoms with Gasteiger partial charge in [0.1, 0.15) is 5.82 Å². The van der Waals surface area contributed by atoms with Crippen molar-refractivity contribution in [3.63, 3.8) is 0 Å². The van der Waals surface area contributed by atoms with E-state index in [1.54, 1.807) is 24.5 Å². The van der Waals surface area contributed by atoms with Gasteiger partial charge in [0.2, 0.25) is 0 Å². The average molecular weight is 352 g/mol. The fraction of sp³-hybridized carbons (Fsp3) is 0.0500. The van der Waals surface area contributed by atoms with Crippen LogP contribution in [0, 0.1) is 5.82 Å². The van der Waals surface area contributed by atoms with Crippen molar-refractivity contribution in [2.75, 3.05) is 5.32 Å². The predicted octanol–water partition coefficient (Wildman–Crippen LogP) is 5.63. The van der Waals surface area contributed by atoms with Crippen LogP contribution in [0.4, 0.5) is 10.1 Å². The highest BCUT2D eigenvalue weighted by molar-refractivity contribution is 6.30. The van der Waals surface area contributed by atoms with Gasteiger partial charge in [-0.3, -0.25) is 0 Å². The van der Waals surface area contributed by atoms with Crippen LogP contribution >= 0.6 is 11.6 Å². The maximum Gasteiger partial charge on any atom is 0.133 e. The van der Waals surface area contributed by atoms with Crippen molar-refractivity contribution in [2.24, 2.45) is 0 Å². The molecule has 0 bridgehead atoms. The van der Waals surface area contributed by atoms with Crippen LogP contribution in [0.1, 0.15) is 5.56 Å². The van der Waals surface area contributed by atoms with Crippen molar-refractivity contribution in [1.82, 2.24) is 9.97 Å². The minimum atomic E-state index is -0.268. The SMILES string of the molecule is Fc1cccc(NCc2ccc3[nH]cnc3c2)c1-c1ccc(Cl)cc1. The van der Waals surface area contributed by atoms with Crippen LogP contribution in [0.2, 0.25) is 5.02 Å². The van der Waals surface area contributed by atoms with E-state index >= 15 is 0 Å². The number of H-pyrrole nitrogens is 1. The molecule has 1 aromatic heterocycles. The van der Waals surface area contributed by atoms with E-state index < -0.39 is 0 Å². The molecule has 4 rings (SSSR count). The Balaban J connectivity index is 1.63. The van der Waals surface area contributed by atoms with Crippen LogP contribution in [-0.2, 0) is 6.54 Å². The molecule has 0 saturated carbocycles. The van der Waals surface area contributed by atoms with Gasteiger partial charge in [0.15, 0.2) is 0 Å². The quantitative estimate of drug-likeness (QED) is 0.500. The second kappa shape index (κ2) is 6.57. The minimum Gasteiger partial charge on any atom is -0.380 e. The third kappa shape index (κ3) is 3.21. The largest absolute Gasteiger partial charge is 0.380 e. The number of halogens is 2. The first kappa shape index (κ1) is 15.7. The Hall–Kier alpha value is -2.85. The third-order valence-corrected chi connectivity index (χ3v) is 4.37. The molecule has 0 saturated heterocycles. The van der Waals surface area contributed by atoms with Crippen molar-refractivity contribution in [3.05, 3.63) is 83.4 Å². The van der Waals surface area contributed by atoms with E-state index in [0.29, 0.717) is 17.1 Å². The standard InChI is InChI=1S/C20H15ClFN3/c21-15-7-5-14(6-8-15)20-16(22)2-1-3-18(20)23-11-13-4-9-17-19(10-13)25-12-24-17/h1-10,12,23H,11H2,(H,24,25). The summed E-state index contributed by atoms with van der Waals surface area (Å²) in [5.74, 6) is -0.268. The number of rotatable bonds is 4. The number of aromatic amines is 1. The Morgan fingerprint density at radius 2 is 1.88 bits per heavy atom. The number of hydrogen-bond donors (Lipinski definition) is 2. The Kier molecular flexibility index (Phi) is 4.12. The molecule has 0 amide bonds. The minimum absolute atomic E-state index is 0.268. The smallest absolute Gasteiger partial charge is 0.133 e. The Bertz CT molecular complexity index is 1020. The predicted molar refractivity (Wildman–Crippen MR) is 100 cm³/mol. The lowest BCUT2D eigenvalue weighted by atomic mass is 10.0. The van der Waals surface area contributed by atoms with Crippen LogP contribution < -0.4 is 5.32 Å². The van der Waals surface area contributed by atoms with Gasteiger partial charge in [-0.2, -0.15) is 0 Å². The first-order chi connectivity index (χ1) is 12.2. The molecule has 1 heterocycles. The first-order valence-corrected chi connectivity index (χ1v) is 8.29. The molecule has 25 heavy (non-hydrogen) atoms. The summed E-state index contributed by atoms with van der Waals surface area (Å²) >= 11 is 5.94. The molecule has 0 aliphatic carbocycles. The van der Waals surface area contributed by atoms with Crippen LogP contribution in [-0.4, -0.2) is 9.97 Å². The van der Waals surface area contributed by atoms with Gasteiger partial charge in [0.25, 0.3) is 0 Å². The van der Waals surface area contributed by atoms with Gasteiger partial charge >= 0.3 is 0 Å². The molecule has 3 nitrogen and oxygen atoms in total. The van der Waals surface area contributed by atoms with Gasteiger partial charge in [0, 0.05) is 22.8 Å². The summed E-state index contributed by atoms with van der Waals surface area (Å²) in [6.07, 6.45) is 1.67. The van der Waals surface area contributed by atoms with E-state index in [1.165, 1.54) is 6.07 Å². The second-order valence-corrected chi connectivity index (χ2v) is 6.21. The maximum atomic E-state index is 14.4. The van der Waals surface area contributed by atoms with Crippen molar-refractivity contribution in [1.29, 1.82) is 0 Å². The molecular weight excluding hydrogens is 337 g/mol. The maximum absolute atomic E-state index is 14.4. The Morgan fingerprint density at radius 3 is 2.72 bits per heavy atom. The molecule has 0 aliphatic rings. The third-order valence-electron chi connectivity index (χ3n) is 4.12. The highest BCUT2D eigenvalue weighted by Gasteiger charge is 2.11. The summed E-state index contributed by atoms with van der Waals surface area (Å²) in [6, 6.07) is 18.2. The lowest BCUT2D eigenvalue weighted by molar-refractivity contribution is 0.631. The van der Waals surface area contributed by atoms with Gasteiger partial charge in [0.05, 0.1) is 17.4 Å². The molecule has 0 atom stereocenters. The van der Waals surface area contributed by atoms with Crippen molar-refractivity contribution in [3.8, 4) is 11.1 Å². The van der Waals surface area contributed by atoms with E-state index in [0.717, 1.165) is 27.8 Å². The highest BCUT2D eigenvalue weighted by atomic mass is 35.5. The lowest BCUT2D eigenvalue weighted by Gasteiger charge is -2.13. The van der Waals surface area contributed by atoms with Gasteiger partial charge < -0.3 is 10.3 Å². The zero-order valence-corrected chi connectivity index (χ0v) is 14.0. The number of fused-ring (bicyclic) bond motifs is 1. The zero-order valence-electron chi connectivity index (χ0n) is 13.3. The molecule has 0 radical (unpaired) electrons. The molecule has 0 unspecified atom stereocenters. The molecule has 2 N–H and O–H groups in total. The number of aromatic nitrogens is 2. The van der Waals surface area contributed by atoms with Crippen molar-refractivity contribution < 1.29 is 4.39 Å². The van der Waals surface area contributed by atoms with Crippen LogP contribution in [0.3, 0.4) is 0 Å². The molecule has 0 aliphatic heterocycles. The molecule has 4 aromatic rings. The summed E-state index contributed by atoms with van der Waals surface area (Å²) in [7, 11) is 0. The summed E-state index contributed by atoms with van der Waals surface area (Å²) in [5, 5.41) is 3.96. The van der Waals surface area contributed by atoms with Crippen LogP contribution in [0.25, 0.3) is 22.2 Å². The normalized spacial score (nSPS) is 11.0. The van der Waals surface area contributed by atoms with E-state index in [4.69, 9.17) is 11.6 Å². The van der Waals surface area contributed by atoms with Crippen molar-refractivity contribution in [2.45, 2.75) is 6.54 Å². The summed E-state index contributed by atoms with van der Waals surface area (Å²) in [4.78, 5) is 7.34. The molecule has 3 aromatic carbocycles. The number of benzene rings is 3. The summed E-state index contributed by atoms with van der Waals surface area (Å²) in [6.45, 7) is 0.576. The number of nitrogens with zero attached hydrogens (tertiary/aromatic N) is 1. The van der Waals surface area contributed by atoms with E-state index in [2.05, 4.69) is 15.3 Å². The lowest BCUT2D eigenvalue weighted by Crippen LogP contribution is -2.02. The Morgan fingerprint density at radius 1 is 1.04 bits per heavy atom.